The fraction of sp³-hybridized carbons (Fsp3) is 0.150. The Kier molecular flexibility index (Phi) is 5.38. The van der Waals surface area contributed by atoms with E-state index in [1.807, 2.05) is 29.1 Å². The Morgan fingerprint density at radius 1 is 1.06 bits per heavy atom. The molecule has 31 heavy (non-hydrogen) atoms. The van der Waals surface area contributed by atoms with Crippen LogP contribution in [-0.2, 0) is 10.0 Å². The number of amides is 1. The Bertz CT molecular complexity index is 1360. The second-order valence-electron chi connectivity index (χ2n) is 6.48. The van der Waals surface area contributed by atoms with Crippen LogP contribution in [0.4, 0.5) is 5.69 Å². The van der Waals surface area contributed by atoms with E-state index >= 15 is 0 Å². The number of sulfonamides is 1. The lowest BCUT2D eigenvalue weighted by Gasteiger charge is -2.22. The van der Waals surface area contributed by atoms with Crippen LogP contribution in [0.1, 0.15) is 10.4 Å². The van der Waals surface area contributed by atoms with Crippen molar-refractivity contribution in [1.29, 1.82) is 0 Å². The average Bonchev–Trinajstić information content (AvgIpc) is 3.42. The van der Waals surface area contributed by atoms with Crippen molar-refractivity contribution < 1.29 is 22.7 Å². The van der Waals surface area contributed by atoms with E-state index in [0.717, 1.165) is 16.1 Å². The number of anilines is 1. The molecule has 0 spiro atoms. The van der Waals surface area contributed by atoms with E-state index in [1.165, 1.54) is 37.7 Å². The first kappa shape index (κ1) is 20.8. The molecule has 0 atom stereocenters. The topological polar surface area (TPSA) is 104 Å². The molecule has 0 aliphatic rings. The lowest BCUT2D eigenvalue weighted by molar-refractivity contribution is 0.100. The largest absolute Gasteiger partial charge is 0.481 e. The molecule has 0 bridgehead atoms. The molecule has 0 saturated carbocycles. The zero-order valence-corrected chi connectivity index (χ0v) is 18.5. The first-order valence-corrected chi connectivity index (χ1v) is 11.7. The van der Waals surface area contributed by atoms with Gasteiger partial charge in [0, 0.05) is 24.0 Å². The van der Waals surface area contributed by atoms with Gasteiger partial charge in [0.15, 0.2) is 5.13 Å². The molecule has 0 radical (unpaired) electrons. The highest BCUT2D eigenvalue weighted by Crippen LogP contribution is 2.33. The van der Waals surface area contributed by atoms with Crippen LogP contribution in [0.15, 0.2) is 54.9 Å². The standard InChI is InChI=1S/C20H18N4O5S2/c1-28-17-9-8-15(18(22-17)29-2)24(31(3,26)27)19(25)13-6-7-14-16(12-13)30-20(21-14)23-10-4-5-11-23/h4-12H,1-3H3. The minimum atomic E-state index is -3.99. The van der Waals surface area contributed by atoms with Gasteiger partial charge in [-0.2, -0.15) is 9.29 Å². The van der Waals surface area contributed by atoms with Crippen LogP contribution < -0.4 is 13.8 Å². The Balaban J connectivity index is 1.79. The van der Waals surface area contributed by atoms with E-state index in [0.29, 0.717) is 9.82 Å². The maximum Gasteiger partial charge on any atom is 0.272 e. The Labute approximate surface area is 182 Å². The maximum atomic E-state index is 13.3. The Morgan fingerprint density at radius 3 is 2.45 bits per heavy atom. The summed E-state index contributed by atoms with van der Waals surface area (Å²) in [6.07, 6.45) is 4.69. The molecule has 160 valence electrons. The van der Waals surface area contributed by atoms with E-state index in [1.54, 1.807) is 18.2 Å². The van der Waals surface area contributed by atoms with Crippen molar-refractivity contribution in [2.45, 2.75) is 0 Å². The van der Waals surface area contributed by atoms with Gasteiger partial charge in [0.25, 0.3) is 5.91 Å². The van der Waals surface area contributed by atoms with E-state index in [4.69, 9.17) is 9.47 Å². The Morgan fingerprint density at radius 2 is 1.81 bits per heavy atom. The molecule has 0 N–H and O–H groups in total. The van der Waals surface area contributed by atoms with Gasteiger partial charge in [0.2, 0.25) is 21.8 Å². The normalized spacial score (nSPS) is 11.5. The number of benzene rings is 1. The summed E-state index contributed by atoms with van der Waals surface area (Å²) in [5, 5.41) is 0.741. The molecule has 0 fully saturated rings. The number of rotatable bonds is 6. The van der Waals surface area contributed by atoms with Crippen LogP contribution in [0.25, 0.3) is 15.3 Å². The molecule has 0 saturated heterocycles. The van der Waals surface area contributed by atoms with Crippen LogP contribution in [0, 0.1) is 0 Å². The van der Waals surface area contributed by atoms with Crippen molar-refractivity contribution in [3.8, 4) is 16.9 Å². The highest BCUT2D eigenvalue weighted by Gasteiger charge is 2.30. The quantitative estimate of drug-likeness (QED) is 0.437. The summed E-state index contributed by atoms with van der Waals surface area (Å²) in [5.41, 5.74) is 0.895. The summed E-state index contributed by atoms with van der Waals surface area (Å²) in [4.78, 5) is 21.9. The molecule has 0 aliphatic carbocycles. The third kappa shape index (κ3) is 3.97. The summed E-state index contributed by atoms with van der Waals surface area (Å²) >= 11 is 1.39. The minimum Gasteiger partial charge on any atom is -0.481 e. The van der Waals surface area contributed by atoms with E-state index in [2.05, 4.69) is 9.97 Å². The highest BCUT2D eigenvalue weighted by atomic mass is 32.2. The second-order valence-corrected chi connectivity index (χ2v) is 9.32. The van der Waals surface area contributed by atoms with E-state index < -0.39 is 15.9 Å². The molecular weight excluding hydrogens is 440 g/mol. The van der Waals surface area contributed by atoms with Crippen molar-refractivity contribution in [3.63, 3.8) is 0 Å². The van der Waals surface area contributed by atoms with Crippen LogP contribution in [0.5, 0.6) is 11.8 Å². The number of ether oxygens (including phenoxy) is 2. The van der Waals surface area contributed by atoms with Crippen molar-refractivity contribution in [2.75, 3.05) is 24.8 Å². The molecule has 3 aromatic heterocycles. The predicted octanol–water partition coefficient (Wildman–Crippen LogP) is 3.11. The van der Waals surface area contributed by atoms with Gasteiger partial charge in [-0.3, -0.25) is 4.79 Å². The number of pyridine rings is 1. The first-order chi connectivity index (χ1) is 14.8. The molecule has 1 amide bonds. The summed E-state index contributed by atoms with van der Waals surface area (Å²) in [5.74, 6) is -0.553. The second kappa shape index (κ2) is 8.00. The molecule has 0 aliphatic heterocycles. The number of hydrogen-bond acceptors (Lipinski definition) is 8. The van der Waals surface area contributed by atoms with Gasteiger partial charge in [-0.05, 0) is 36.4 Å². The first-order valence-electron chi connectivity index (χ1n) is 8.99. The van der Waals surface area contributed by atoms with Crippen LogP contribution in [0.2, 0.25) is 0 Å². The van der Waals surface area contributed by atoms with Crippen molar-refractivity contribution in [1.82, 2.24) is 14.5 Å². The lowest BCUT2D eigenvalue weighted by atomic mass is 10.2. The summed E-state index contributed by atoms with van der Waals surface area (Å²) in [6, 6.07) is 11.5. The molecule has 4 rings (SSSR count). The highest BCUT2D eigenvalue weighted by molar-refractivity contribution is 7.92. The fourth-order valence-electron chi connectivity index (χ4n) is 3.01. The van der Waals surface area contributed by atoms with Gasteiger partial charge in [-0.15, -0.1) is 0 Å². The lowest BCUT2D eigenvalue weighted by Crippen LogP contribution is -2.36. The number of hydrogen-bond donors (Lipinski definition) is 0. The van der Waals surface area contributed by atoms with Gasteiger partial charge in [0.1, 0.15) is 5.69 Å². The number of nitrogens with zero attached hydrogens (tertiary/aromatic N) is 4. The fourth-order valence-corrected chi connectivity index (χ4v) is 4.88. The zero-order valence-electron chi connectivity index (χ0n) is 16.8. The van der Waals surface area contributed by atoms with Crippen molar-refractivity contribution >= 4 is 43.2 Å². The van der Waals surface area contributed by atoms with Crippen LogP contribution in [-0.4, -0.2) is 49.3 Å². The van der Waals surface area contributed by atoms with Crippen LogP contribution >= 0.6 is 11.3 Å². The van der Waals surface area contributed by atoms with Gasteiger partial charge in [-0.1, -0.05) is 11.3 Å². The smallest absolute Gasteiger partial charge is 0.272 e. The summed E-state index contributed by atoms with van der Waals surface area (Å²) in [6.45, 7) is 0. The van der Waals surface area contributed by atoms with Gasteiger partial charge < -0.3 is 14.0 Å². The minimum absolute atomic E-state index is 0.00627. The van der Waals surface area contributed by atoms with Crippen LogP contribution in [0.3, 0.4) is 0 Å². The average molecular weight is 459 g/mol. The van der Waals surface area contributed by atoms with Crippen molar-refractivity contribution in [3.05, 3.63) is 60.4 Å². The molecular formula is C20H18N4O5S2. The molecule has 4 aromatic rings. The maximum absolute atomic E-state index is 13.3. The number of aromatic nitrogens is 3. The van der Waals surface area contributed by atoms with Crippen molar-refractivity contribution in [2.24, 2.45) is 0 Å². The Hall–Kier alpha value is -3.44. The molecule has 9 nitrogen and oxygen atoms in total. The zero-order chi connectivity index (χ0) is 22.2. The number of fused-ring (bicyclic) bond motifs is 1. The summed E-state index contributed by atoms with van der Waals surface area (Å²) < 4.78 is 38.7. The third-order valence-corrected chi connectivity index (χ3v) is 6.46. The molecule has 1 aromatic carbocycles. The SMILES string of the molecule is COc1ccc(N(C(=O)c2ccc3nc(-n4cccc4)sc3c2)S(C)(=O)=O)c(OC)n1. The predicted molar refractivity (Wildman–Crippen MR) is 118 cm³/mol. The van der Waals surface area contributed by atoms with Gasteiger partial charge in [-0.25, -0.2) is 13.4 Å². The number of carbonyl (C=O) groups is 1. The molecule has 3 heterocycles. The van der Waals surface area contributed by atoms with E-state index in [9.17, 15) is 13.2 Å². The molecule has 0 unspecified atom stereocenters. The molecule has 11 heteroatoms. The number of carbonyl (C=O) groups excluding carboxylic acids is 1. The van der Waals surface area contributed by atoms with Gasteiger partial charge >= 0.3 is 0 Å². The van der Waals surface area contributed by atoms with Gasteiger partial charge in [0.05, 0.1) is 30.7 Å². The van der Waals surface area contributed by atoms with E-state index in [-0.39, 0.29) is 23.0 Å². The summed E-state index contributed by atoms with van der Waals surface area (Å²) in [7, 11) is -1.23. The monoisotopic (exact) mass is 458 g/mol. The number of thiazole rings is 1. The third-order valence-electron chi connectivity index (χ3n) is 4.40. The number of methoxy groups -OCH3 is 2.